The highest BCUT2D eigenvalue weighted by Gasteiger charge is 2.32. The highest BCUT2D eigenvalue weighted by molar-refractivity contribution is 7.89. The summed E-state index contributed by atoms with van der Waals surface area (Å²) >= 11 is 0. The molecule has 0 amide bonds. The predicted octanol–water partition coefficient (Wildman–Crippen LogP) is 1.44. The van der Waals surface area contributed by atoms with E-state index in [1.807, 2.05) is 7.05 Å². The normalized spacial score (nSPS) is 18.9. The topological polar surface area (TPSA) is 79.6 Å². The molecule has 0 radical (unpaired) electrons. The van der Waals surface area contributed by atoms with Crippen LogP contribution in [-0.4, -0.2) is 39.4 Å². The number of hydrogen-bond acceptors (Lipinski definition) is 5. The van der Waals surface area contributed by atoms with Gasteiger partial charge in [-0.1, -0.05) is 0 Å². The van der Waals surface area contributed by atoms with Crippen LogP contribution in [0.5, 0.6) is 0 Å². The van der Waals surface area contributed by atoms with Crippen molar-refractivity contribution in [2.24, 2.45) is 5.92 Å². The summed E-state index contributed by atoms with van der Waals surface area (Å²) in [4.78, 5) is 11.4. The summed E-state index contributed by atoms with van der Waals surface area (Å²) in [6.07, 6.45) is 0.864. The van der Waals surface area contributed by atoms with Crippen LogP contribution in [0, 0.1) is 5.92 Å². The number of sulfonamides is 1. The lowest BCUT2D eigenvalue weighted by Gasteiger charge is -2.17. The highest BCUT2D eigenvalue weighted by atomic mass is 35.5. The summed E-state index contributed by atoms with van der Waals surface area (Å²) in [5.74, 6) is 0.346. The molecule has 2 heterocycles. The van der Waals surface area contributed by atoms with Gasteiger partial charge in [0.05, 0.1) is 4.90 Å². The Kier molecular flexibility index (Phi) is 5.46. The number of halogens is 1. The minimum absolute atomic E-state index is 0. The molecule has 0 spiro atoms. The third-order valence-corrected chi connectivity index (χ3v) is 5.83. The minimum Gasteiger partial charge on any atom is -0.423 e. The van der Waals surface area contributed by atoms with Gasteiger partial charge in [0.1, 0.15) is 5.58 Å². The summed E-state index contributed by atoms with van der Waals surface area (Å²) in [6.45, 7) is 1.89. The van der Waals surface area contributed by atoms with Gasteiger partial charge in [0.15, 0.2) is 0 Å². The number of rotatable bonds is 4. The van der Waals surface area contributed by atoms with E-state index in [2.05, 4.69) is 5.32 Å². The van der Waals surface area contributed by atoms with E-state index in [1.165, 1.54) is 22.5 Å². The summed E-state index contributed by atoms with van der Waals surface area (Å²) < 4.78 is 32.0. The second-order valence-electron chi connectivity index (χ2n) is 5.53. The van der Waals surface area contributed by atoms with Crippen LogP contribution in [0.1, 0.15) is 6.42 Å². The van der Waals surface area contributed by atoms with E-state index in [1.54, 1.807) is 12.1 Å². The average molecular weight is 359 g/mol. The Balaban J connectivity index is 0.00000192. The molecule has 23 heavy (non-hydrogen) atoms. The van der Waals surface area contributed by atoms with E-state index < -0.39 is 15.6 Å². The Morgan fingerprint density at radius 3 is 2.83 bits per heavy atom. The molecule has 1 unspecified atom stereocenters. The Morgan fingerprint density at radius 1 is 1.30 bits per heavy atom. The van der Waals surface area contributed by atoms with Gasteiger partial charge in [0.2, 0.25) is 10.0 Å². The smallest absolute Gasteiger partial charge is 0.336 e. The van der Waals surface area contributed by atoms with Crippen molar-refractivity contribution >= 4 is 33.4 Å². The minimum atomic E-state index is -3.51. The lowest BCUT2D eigenvalue weighted by Crippen LogP contribution is -2.30. The van der Waals surface area contributed by atoms with Gasteiger partial charge in [-0.2, -0.15) is 4.31 Å². The molecule has 1 aliphatic rings. The second-order valence-corrected chi connectivity index (χ2v) is 7.47. The zero-order chi connectivity index (χ0) is 15.7. The molecule has 8 heteroatoms. The monoisotopic (exact) mass is 358 g/mol. The van der Waals surface area contributed by atoms with E-state index in [0.717, 1.165) is 13.0 Å². The molecule has 0 aliphatic carbocycles. The third-order valence-electron chi connectivity index (χ3n) is 3.97. The largest absolute Gasteiger partial charge is 0.423 e. The molecule has 1 aliphatic heterocycles. The SMILES string of the molecule is CNCC1CCN(S(=O)(=O)c2ccc3oc(=O)ccc3c2)C1.Cl. The quantitative estimate of drug-likeness (QED) is 0.837. The molecule has 1 aromatic heterocycles. The van der Waals surface area contributed by atoms with E-state index in [-0.39, 0.29) is 17.3 Å². The van der Waals surface area contributed by atoms with Gasteiger partial charge in [0, 0.05) is 24.5 Å². The van der Waals surface area contributed by atoms with Crippen LogP contribution in [-0.2, 0) is 10.0 Å². The van der Waals surface area contributed by atoms with Crippen LogP contribution in [0.25, 0.3) is 11.0 Å². The summed E-state index contributed by atoms with van der Waals surface area (Å²) in [6, 6.07) is 7.45. The van der Waals surface area contributed by atoms with Crippen LogP contribution in [0.3, 0.4) is 0 Å². The first-order valence-electron chi connectivity index (χ1n) is 7.19. The van der Waals surface area contributed by atoms with Crippen molar-refractivity contribution in [1.82, 2.24) is 9.62 Å². The Labute approximate surface area is 140 Å². The van der Waals surface area contributed by atoms with Crippen LogP contribution < -0.4 is 10.9 Å². The van der Waals surface area contributed by atoms with Gasteiger partial charge < -0.3 is 9.73 Å². The van der Waals surface area contributed by atoms with Gasteiger partial charge in [0.25, 0.3) is 0 Å². The van der Waals surface area contributed by atoms with Crippen molar-refractivity contribution in [3.8, 4) is 0 Å². The van der Waals surface area contributed by atoms with Crippen LogP contribution in [0.15, 0.2) is 44.4 Å². The van der Waals surface area contributed by atoms with E-state index in [9.17, 15) is 13.2 Å². The van der Waals surface area contributed by atoms with Crippen molar-refractivity contribution in [2.75, 3.05) is 26.7 Å². The van der Waals surface area contributed by atoms with Crippen LogP contribution in [0.2, 0.25) is 0 Å². The molecular weight excluding hydrogens is 340 g/mol. The van der Waals surface area contributed by atoms with Crippen molar-refractivity contribution < 1.29 is 12.8 Å². The number of benzene rings is 1. The Bertz CT molecular complexity index is 850. The van der Waals surface area contributed by atoms with Crippen molar-refractivity contribution in [2.45, 2.75) is 11.3 Å². The highest BCUT2D eigenvalue weighted by Crippen LogP contribution is 2.26. The van der Waals surface area contributed by atoms with Crippen molar-refractivity contribution in [1.29, 1.82) is 0 Å². The fourth-order valence-electron chi connectivity index (χ4n) is 2.83. The number of nitrogens with zero attached hydrogens (tertiary/aromatic N) is 1. The first kappa shape index (κ1) is 17.9. The van der Waals surface area contributed by atoms with Crippen LogP contribution in [0.4, 0.5) is 0 Å². The first-order chi connectivity index (χ1) is 10.5. The molecule has 1 saturated heterocycles. The first-order valence-corrected chi connectivity index (χ1v) is 8.63. The van der Waals surface area contributed by atoms with E-state index in [4.69, 9.17) is 4.42 Å². The second kappa shape index (κ2) is 7.00. The van der Waals surface area contributed by atoms with E-state index >= 15 is 0 Å². The molecule has 1 fully saturated rings. The lowest BCUT2D eigenvalue weighted by molar-refractivity contribution is 0.451. The zero-order valence-corrected chi connectivity index (χ0v) is 14.3. The average Bonchev–Trinajstić information content (AvgIpc) is 2.96. The number of fused-ring (bicyclic) bond motifs is 1. The third kappa shape index (κ3) is 3.58. The summed E-state index contributed by atoms with van der Waals surface area (Å²) in [7, 11) is -1.64. The molecule has 126 valence electrons. The van der Waals surface area contributed by atoms with Gasteiger partial charge in [-0.25, -0.2) is 13.2 Å². The molecule has 1 aromatic carbocycles. The standard InChI is InChI=1S/C15H18N2O4S.ClH/c1-16-9-11-6-7-17(10-11)22(19,20)13-3-4-14-12(8-13)2-5-15(18)21-14;/h2-5,8,11,16H,6-7,9-10H2,1H3;1H. The van der Waals surface area contributed by atoms with Gasteiger partial charge in [-0.15, -0.1) is 12.4 Å². The molecule has 0 saturated carbocycles. The van der Waals surface area contributed by atoms with Crippen LogP contribution >= 0.6 is 12.4 Å². The van der Waals surface area contributed by atoms with Gasteiger partial charge in [-0.3, -0.25) is 0 Å². The van der Waals surface area contributed by atoms with E-state index in [0.29, 0.717) is 30.0 Å². The molecule has 3 rings (SSSR count). The molecular formula is C15H19ClN2O4S. The van der Waals surface area contributed by atoms with Crippen molar-refractivity contribution in [3.63, 3.8) is 0 Å². The molecule has 6 nitrogen and oxygen atoms in total. The fraction of sp³-hybridized carbons (Fsp3) is 0.400. The van der Waals surface area contributed by atoms with Gasteiger partial charge >= 0.3 is 5.63 Å². The Morgan fingerprint density at radius 2 is 2.09 bits per heavy atom. The maximum absolute atomic E-state index is 12.7. The zero-order valence-electron chi connectivity index (χ0n) is 12.7. The maximum Gasteiger partial charge on any atom is 0.336 e. The molecule has 0 bridgehead atoms. The molecule has 2 aromatic rings. The Hall–Kier alpha value is -1.41. The lowest BCUT2D eigenvalue weighted by atomic mass is 10.1. The fourth-order valence-corrected chi connectivity index (χ4v) is 4.40. The summed E-state index contributed by atoms with van der Waals surface area (Å²) in [5, 5.41) is 3.69. The molecule has 1 atom stereocenters. The molecule has 1 N–H and O–H groups in total. The van der Waals surface area contributed by atoms with Crippen molar-refractivity contribution in [3.05, 3.63) is 40.8 Å². The summed E-state index contributed by atoms with van der Waals surface area (Å²) in [5.41, 5.74) is -0.0570. The number of hydrogen-bond donors (Lipinski definition) is 1. The number of nitrogens with one attached hydrogen (secondary N) is 1. The van der Waals surface area contributed by atoms with Gasteiger partial charge in [-0.05, 0) is 50.2 Å². The predicted molar refractivity (Wildman–Crippen MR) is 90.5 cm³/mol. The maximum atomic E-state index is 12.7.